The van der Waals surface area contributed by atoms with E-state index in [9.17, 15) is 0 Å². The van der Waals surface area contributed by atoms with Gasteiger partial charge in [0.25, 0.3) is 0 Å². The van der Waals surface area contributed by atoms with Crippen molar-refractivity contribution in [2.75, 3.05) is 13.2 Å². The maximum absolute atomic E-state index is 5.65. The predicted octanol–water partition coefficient (Wildman–Crippen LogP) is 3.26. The molecular weight excluding hydrogens is 254 g/mol. The Morgan fingerprint density at radius 1 is 1.18 bits per heavy atom. The van der Waals surface area contributed by atoms with Crippen LogP contribution in [0.3, 0.4) is 0 Å². The van der Waals surface area contributed by atoms with Crippen molar-refractivity contribution >= 4 is 24.0 Å². The Kier molecular flexibility index (Phi) is 2.94. The summed E-state index contributed by atoms with van der Waals surface area (Å²) < 4.78 is 11.2. The highest BCUT2D eigenvalue weighted by Gasteiger charge is 2.12. The van der Waals surface area contributed by atoms with Crippen molar-refractivity contribution in [3.05, 3.63) is 23.6 Å². The lowest BCUT2D eigenvalue weighted by atomic mass is 10.2. The van der Waals surface area contributed by atoms with Crippen LogP contribution in [0.2, 0.25) is 0 Å². The van der Waals surface area contributed by atoms with E-state index in [-0.39, 0.29) is 0 Å². The fourth-order valence-electron chi connectivity index (χ4n) is 1.69. The van der Waals surface area contributed by atoms with E-state index >= 15 is 0 Å². The smallest absolute Gasteiger partial charge is 0.161 e. The fraction of sp³-hybridized carbons (Fsp3) is 0.250. The third-order valence-electron chi connectivity index (χ3n) is 2.49. The lowest BCUT2D eigenvalue weighted by Gasteiger charge is -2.07. The number of nitrogens with zero attached hydrogens (tertiary/aromatic N) is 1. The van der Waals surface area contributed by atoms with Crippen molar-refractivity contribution in [3.63, 3.8) is 0 Å². The van der Waals surface area contributed by atoms with Gasteiger partial charge in [-0.05, 0) is 18.2 Å². The van der Waals surface area contributed by atoms with Crippen molar-refractivity contribution in [1.29, 1.82) is 0 Å². The number of thiazole rings is 1. The Morgan fingerprint density at radius 2 is 2.00 bits per heavy atom. The Hall–Kier alpha value is -1.20. The van der Waals surface area contributed by atoms with Crippen LogP contribution in [0.25, 0.3) is 10.6 Å². The van der Waals surface area contributed by atoms with Gasteiger partial charge in [0.1, 0.15) is 10.0 Å². The molecule has 0 N–H and O–H groups in total. The molecule has 0 saturated heterocycles. The summed E-state index contributed by atoms with van der Waals surface area (Å²) in [5.41, 5.74) is 1.04. The molecule has 1 aromatic carbocycles. The summed E-state index contributed by atoms with van der Waals surface area (Å²) in [6.45, 7) is 1.41. The number of ether oxygens (including phenoxy) is 2. The van der Waals surface area contributed by atoms with Crippen molar-refractivity contribution < 1.29 is 9.47 Å². The molecule has 88 valence electrons. The van der Waals surface area contributed by atoms with E-state index in [1.54, 1.807) is 11.3 Å². The lowest BCUT2D eigenvalue weighted by Crippen LogP contribution is -1.97. The highest BCUT2D eigenvalue weighted by Crippen LogP contribution is 2.35. The molecule has 1 aliphatic rings. The quantitative estimate of drug-likeness (QED) is 0.803. The van der Waals surface area contributed by atoms with E-state index in [0.29, 0.717) is 13.2 Å². The molecule has 17 heavy (non-hydrogen) atoms. The van der Waals surface area contributed by atoms with Crippen molar-refractivity contribution in [3.8, 4) is 22.1 Å². The van der Waals surface area contributed by atoms with Crippen molar-refractivity contribution in [1.82, 2.24) is 4.98 Å². The zero-order valence-electron chi connectivity index (χ0n) is 9.05. The molecule has 0 unspecified atom stereocenters. The van der Waals surface area contributed by atoms with E-state index in [0.717, 1.165) is 33.5 Å². The summed E-state index contributed by atoms with van der Waals surface area (Å²) in [5, 5.41) is 3.62. The minimum atomic E-state index is 0.701. The minimum absolute atomic E-state index is 0.701. The number of rotatable bonds is 1. The van der Waals surface area contributed by atoms with Gasteiger partial charge in [-0.25, -0.2) is 4.98 Å². The van der Waals surface area contributed by atoms with E-state index in [1.165, 1.54) is 0 Å². The summed E-state index contributed by atoms with van der Waals surface area (Å²) in [4.78, 5) is 4.34. The van der Waals surface area contributed by atoms with Crippen LogP contribution in [-0.4, -0.2) is 18.2 Å². The van der Waals surface area contributed by atoms with Crippen LogP contribution in [0, 0.1) is 0 Å². The van der Waals surface area contributed by atoms with Gasteiger partial charge in [-0.15, -0.1) is 24.0 Å². The zero-order valence-corrected chi connectivity index (χ0v) is 10.8. The van der Waals surface area contributed by atoms with E-state index in [4.69, 9.17) is 9.47 Å². The molecule has 3 nitrogen and oxygen atoms in total. The van der Waals surface area contributed by atoms with Gasteiger partial charge in [0, 0.05) is 17.4 Å². The maximum atomic E-state index is 5.65. The SMILES string of the molecule is Sc1csc(-c2ccc3c(c2)OCCCO3)n1. The Bertz CT molecular complexity index is 539. The molecule has 0 aliphatic carbocycles. The van der Waals surface area contributed by atoms with Crippen LogP contribution in [-0.2, 0) is 0 Å². The molecule has 1 aromatic heterocycles. The summed E-state index contributed by atoms with van der Waals surface area (Å²) in [6, 6.07) is 5.92. The number of benzene rings is 1. The Balaban J connectivity index is 2.00. The molecule has 0 atom stereocenters. The van der Waals surface area contributed by atoms with Crippen LogP contribution in [0.5, 0.6) is 11.5 Å². The molecule has 2 aromatic rings. The molecular formula is C12H11NO2S2. The first-order chi connectivity index (χ1) is 8.33. The third kappa shape index (κ3) is 2.25. The average molecular weight is 265 g/mol. The molecule has 5 heteroatoms. The molecule has 0 radical (unpaired) electrons. The molecule has 3 rings (SSSR count). The second-order valence-corrected chi connectivity index (χ2v) is 5.04. The number of thiol groups is 1. The van der Waals surface area contributed by atoms with Crippen molar-refractivity contribution in [2.45, 2.75) is 11.4 Å². The van der Waals surface area contributed by atoms with E-state index in [2.05, 4.69) is 17.6 Å². The topological polar surface area (TPSA) is 31.4 Å². The van der Waals surface area contributed by atoms with E-state index in [1.807, 2.05) is 23.6 Å². The largest absolute Gasteiger partial charge is 0.490 e. The van der Waals surface area contributed by atoms with Gasteiger partial charge in [0.15, 0.2) is 11.5 Å². The Morgan fingerprint density at radius 3 is 2.76 bits per heavy atom. The number of fused-ring (bicyclic) bond motifs is 1. The first-order valence-electron chi connectivity index (χ1n) is 5.37. The Labute approximate surface area is 109 Å². The average Bonchev–Trinajstić information content (AvgIpc) is 2.64. The number of hydrogen-bond donors (Lipinski definition) is 1. The van der Waals surface area contributed by atoms with Crippen LogP contribution < -0.4 is 9.47 Å². The molecule has 0 fully saturated rings. The summed E-state index contributed by atoms with van der Waals surface area (Å²) in [7, 11) is 0. The third-order valence-corrected chi connectivity index (χ3v) is 3.78. The number of aromatic nitrogens is 1. The first-order valence-corrected chi connectivity index (χ1v) is 6.70. The van der Waals surface area contributed by atoms with Crippen LogP contribution in [0.15, 0.2) is 28.6 Å². The maximum Gasteiger partial charge on any atom is 0.161 e. The molecule has 0 spiro atoms. The van der Waals surface area contributed by atoms with Crippen molar-refractivity contribution in [2.24, 2.45) is 0 Å². The molecule has 0 bridgehead atoms. The van der Waals surface area contributed by atoms with Gasteiger partial charge < -0.3 is 9.47 Å². The summed E-state index contributed by atoms with van der Waals surface area (Å²) in [6.07, 6.45) is 0.919. The fourth-order valence-corrected chi connectivity index (χ4v) is 2.70. The molecule has 0 saturated carbocycles. The first kappa shape index (κ1) is 10.9. The second-order valence-electron chi connectivity index (χ2n) is 3.72. The standard InChI is InChI=1S/C12H11NO2S2/c16-11-7-17-12(13-11)8-2-3-9-10(6-8)15-5-1-4-14-9/h2-3,6-7,16H,1,4-5H2. The molecule has 2 heterocycles. The minimum Gasteiger partial charge on any atom is -0.490 e. The van der Waals surface area contributed by atoms with Gasteiger partial charge >= 0.3 is 0 Å². The van der Waals surface area contributed by atoms with Gasteiger partial charge in [-0.3, -0.25) is 0 Å². The van der Waals surface area contributed by atoms with Crippen LogP contribution >= 0.6 is 24.0 Å². The van der Waals surface area contributed by atoms with Gasteiger partial charge in [-0.1, -0.05) is 0 Å². The van der Waals surface area contributed by atoms with E-state index < -0.39 is 0 Å². The van der Waals surface area contributed by atoms with Crippen LogP contribution in [0.1, 0.15) is 6.42 Å². The normalized spacial score (nSPS) is 14.4. The molecule has 0 amide bonds. The van der Waals surface area contributed by atoms with Gasteiger partial charge in [-0.2, -0.15) is 0 Å². The monoisotopic (exact) mass is 265 g/mol. The summed E-state index contributed by atoms with van der Waals surface area (Å²) in [5.74, 6) is 1.62. The van der Waals surface area contributed by atoms with Gasteiger partial charge in [0.05, 0.1) is 13.2 Å². The highest BCUT2D eigenvalue weighted by molar-refractivity contribution is 7.80. The summed E-state index contributed by atoms with van der Waals surface area (Å²) >= 11 is 5.79. The molecule has 1 aliphatic heterocycles. The zero-order chi connectivity index (χ0) is 11.7. The second kappa shape index (κ2) is 4.58. The number of hydrogen-bond acceptors (Lipinski definition) is 5. The highest BCUT2D eigenvalue weighted by atomic mass is 32.1. The lowest BCUT2D eigenvalue weighted by molar-refractivity contribution is 0.297. The van der Waals surface area contributed by atoms with Crippen LogP contribution in [0.4, 0.5) is 0 Å². The predicted molar refractivity (Wildman–Crippen MR) is 70.4 cm³/mol. The van der Waals surface area contributed by atoms with Gasteiger partial charge in [0.2, 0.25) is 0 Å².